The third kappa shape index (κ3) is 4.32. The molecule has 1 fully saturated rings. The molecule has 0 bridgehead atoms. The molecule has 0 heterocycles. The maximum absolute atomic E-state index is 3.88. The van der Waals surface area contributed by atoms with Gasteiger partial charge in [-0.2, -0.15) is 0 Å². The first-order valence-electron chi connectivity index (χ1n) is 8.94. The Balaban J connectivity index is 2.30. The van der Waals surface area contributed by atoms with Crippen LogP contribution in [0.5, 0.6) is 0 Å². The first-order chi connectivity index (χ1) is 10.1. The van der Waals surface area contributed by atoms with Gasteiger partial charge < -0.3 is 5.32 Å². The quantitative estimate of drug-likeness (QED) is 0.693. The van der Waals surface area contributed by atoms with Gasteiger partial charge in [-0.1, -0.05) is 50.3 Å². The molecule has 1 aliphatic rings. The molecule has 1 nitrogen and oxygen atoms in total. The van der Waals surface area contributed by atoms with Gasteiger partial charge in [0.05, 0.1) is 0 Å². The van der Waals surface area contributed by atoms with Crippen molar-refractivity contribution in [3.8, 4) is 0 Å². The van der Waals surface area contributed by atoms with E-state index in [1.54, 1.807) is 5.56 Å². The molecule has 1 aliphatic carbocycles. The van der Waals surface area contributed by atoms with E-state index in [4.69, 9.17) is 0 Å². The zero-order valence-corrected chi connectivity index (χ0v) is 14.5. The molecular formula is C20H33N. The van der Waals surface area contributed by atoms with Crippen molar-refractivity contribution in [2.24, 2.45) is 5.92 Å². The minimum Gasteiger partial charge on any atom is -0.310 e. The maximum atomic E-state index is 3.88. The van der Waals surface area contributed by atoms with Crippen molar-refractivity contribution in [3.05, 3.63) is 34.4 Å². The molecule has 1 unspecified atom stereocenters. The van der Waals surface area contributed by atoms with Crippen molar-refractivity contribution in [1.29, 1.82) is 0 Å². The van der Waals surface area contributed by atoms with Crippen LogP contribution in [-0.4, -0.2) is 6.54 Å². The SMILES string of the molecule is CCCNC(c1c(C)cc(C)cc1C)C1CCCCCC1. The molecule has 0 aliphatic heterocycles. The Labute approximate surface area is 131 Å². The molecule has 0 saturated heterocycles. The number of benzene rings is 1. The predicted molar refractivity (Wildman–Crippen MR) is 92.9 cm³/mol. The van der Waals surface area contributed by atoms with E-state index in [9.17, 15) is 0 Å². The Bertz CT molecular complexity index is 418. The number of nitrogens with one attached hydrogen (secondary N) is 1. The molecule has 0 aromatic heterocycles. The van der Waals surface area contributed by atoms with Crippen molar-refractivity contribution in [2.45, 2.75) is 78.7 Å². The van der Waals surface area contributed by atoms with E-state index >= 15 is 0 Å². The molecule has 1 aromatic carbocycles. The average molecular weight is 287 g/mol. The Hall–Kier alpha value is -0.820. The third-order valence-corrected chi connectivity index (χ3v) is 5.03. The lowest BCUT2D eigenvalue weighted by atomic mass is 9.82. The lowest BCUT2D eigenvalue weighted by Gasteiger charge is -2.30. The summed E-state index contributed by atoms with van der Waals surface area (Å²) in [6, 6.07) is 5.28. The first-order valence-corrected chi connectivity index (χ1v) is 8.94. The number of rotatable bonds is 5. The molecule has 1 heteroatoms. The van der Waals surface area contributed by atoms with Crippen LogP contribution < -0.4 is 5.32 Å². The van der Waals surface area contributed by atoms with Gasteiger partial charge in [-0.05, 0) is 69.2 Å². The summed E-state index contributed by atoms with van der Waals surface area (Å²) in [4.78, 5) is 0. The lowest BCUT2D eigenvalue weighted by Crippen LogP contribution is -2.30. The zero-order chi connectivity index (χ0) is 15.2. The number of aryl methyl sites for hydroxylation is 3. The van der Waals surface area contributed by atoms with Crippen molar-refractivity contribution < 1.29 is 0 Å². The summed E-state index contributed by atoms with van der Waals surface area (Å²) < 4.78 is 0. The van der Waals surface area contributed by atoms with E-state index in [0.717, 1.165) is 12.5 Å². The fourth-order valence-corrected chi connectivity index (χ4v) is 4.13. The fraction of sp³-hybridized carbons (Fsp3) is 0.700. The molecule has 118 valence electrons. The molecule has 1 N–H and O–H groups in total. The minimum atomic E-state index is 0.559. The normalized spacial score (nSPS) is 18.5. The van der Waals surface area contributed by atoms with Gasteiger partial charge >= 0.3 is 0 Å². The molecule has 2 rings (SSSR count). The van der Waals surface area contributed by atoms with Crippen LogP contribution in [0.15, 0.2) is 12.1 Å². The molecule has 1 aromatic rings. The predicted octanol–water partition coefficient (Wildman–Crippen LogP) is 5.62. The fourth-order valence-electron chi connectivity index (χ4n) is 4.13. The van der Waals surface area contributed by atoms with E-state index in [0.29, 0.717) is 6.04 Å². The van der Waals surface area contributed by atoms with E-state index in [-0.39, 0.29) is 0 Å². The van der Waals surface area contributed by atoms with Crippen LogP contribution >= 0.6 is 0 Å². The van der Waals surface area contributed by atoms with Crippen LogP contribution in [0.3, 0.4) is 0 Å². The summed E-state index contributed by atoms with van der Waals surface area (Å²) in [6.45, 7) is 10.2. The van der Waals surface area contributed by atoms with Crippen LogP contribution in [0.4, 0.5) is 0 Å². The topological polar surface area (TPSA) is 12.0 Å². The Morgan fingerprint density at radius 2 is 1.57 bits per heavy atom. The van der Waals surface area contributed by atoms with Crippen molar-refractivity contribution in [3.63, 3.8) is 0 Å². The zero-order valence-electron chi connectivity index (χ0n) is 14.5. The second kappa shape index (κ2) is 7.98. The van der Waals surface area contributed by atoms with E-state index < -0.39 is 0 Å². The highest BCUT2D eigenvalue weighted by atomic mass is 14.9. The smallest absolute Gasteiger partial charge is 0.0353 e. The molecule has 1 atom stereocenters. The van der Waals surface area contributed by atoms with Gasteiger partial charge in [0.15, 0.2) is 0 Å². The summed E-state index contributed by atoms with van der Waals surface area (Å²) in [6.07, 6.45) is 9.71. The molecule has 0 radical (unpaired) electrons. The minimum absolute atomic E-state index is 0.559. The Morgan fingerprint density at radius 1 is 1.00 bits per heavy atom. The van der Waals surface area contributed by atoms with Gasteiger partial charge in [-0.25, -0.2) is 0 Å². The first kappa shape index (κ1) is 16.5. The summed E-state index contributed by atoms with van der Waals surface area (Å²) >= 11 is 0. The lowest BCUT2D eigenvalue weighted by molar-refractivity contribution is 0.324. The summed E-state index contributed by atoms with van der Waals surface area (Å²) in [7, 11) is 0. The highest BCUT2D eigenvalue weighted by Crippen LogP contribution is 2.36. The van der Waals surface area contributed by atoms with Crippen LogP contribution in [0.25, 0.3) is 0 Å². The second-order valence-electron chi connectivity index (χ2n) is 7.00. The standard InChI is InChI=1S/C20H33N/c1-5-12-21-20(18-10-8-6-7-9-11-18)19-16(3)13-15(2)14-17(19)4/h13-14,18,20-21H,5-12H2,1-4H3. The number of hydrogen-bond donors (Lipinski definition) is 1. The Morgan fingerprint density at radius 3 is 2.10 bits per heavy atom. The van der Waals surface area contributed by atoms with Gasteiger partial charge in [-0.15, -0.1) is 0 Å². The van der Waals surface area contributed by atoms with Gasteiger partial charge in [0, 0.05) is 6.04 Å². The van der Waals surface area contributed by atoms with Crippen molar-refractivity contribution in [2.75, 3.05) is 6.54 Å². The summed E-state index contributed by atoms with van der Waals surface area (Å²) in [5.74, 6) is 0.819. The molecule has 21 heavy (non-hydrogen) atoms. The maximum Gasteiger partial charge on any atom is 0.0353 e. The molecule has 0 spiro atoms. The number of hydrogen-bond acceptors (Lipinski definition) is 1. The van der Waals surface area contributed by atoms with Crippen LogP contribution in [0.1, 0.15) is 80.2 Å². The van der Waals surface area contributed by atoms with E-state index in [1.165, 1.54) is 61.6 Å². The van der Waals surface area contributed by atoms with Gasteiger partial charge in [0.2, 0.25) is 0 Å². The van der Waals surface area contributed by atoms with Gasteiger partial charge in [-0.3, -0.25) is 0 Å². The van der Waals surface area contributed by atoms with E-state index in [2.05, 4.69) is 45.1 Å². The summed E-state index contributed by atoms with van der Waals surface area (Å²) in [5.41, 5.74) is 5.93. The molecular weight excluding hydrogens is 254 g/mol. The monoisotopic (exact) mass is 287 g/mol. The largest absolute Gasteiger partial charge is 0.310 e. The average Bonchev–Trinajstić information content (AvgIpc) is 2.70. The van der Waals surface area contributed by atoms with Crippen LogP contribution in [0.2, 0.25) is 0 Å². The van der Waals surface area contributed by atoms with Crippen LogP contribution in [0, 0.1) is 26.7 Å². The van der Waals surface area contributed by atoms with Crippen molar-refractivity contribution >= 4 is 0 Å². The highest BCUT2D eigenvalue weighted by Gasteiger charge is 2.26. The molecule has 0 amide bonds. The van der Waals surface area contributed by atoms with Gasteiger partial charge in [0.25, 0.3) is 0 Å². The molecule has 1 saturated carbocycles. The summed E-state index contributed by atoms with van der Waals surface area (Å²) in [5, 5.41) is 3.88. The second-order valence-corrected chi connectivity index (χ2v) is 7.00. The van der Waals surface area contributed by atoms with Crippen LogP contribution in [-0.2, 0) is 0 Å². The Kier molecular flexibility index (Phi) is 6.29. The highest BCUT2D eigenvalue weighted by molar-refractivity contribution is 5.40. The van der Waals surface area contributed by atoms with Crippen molar-refractivity contribution in [1.82, 2.24) is 5.32 Å². The third-order valence-electron chi connectivity index (χ3n) is 5.03. The van der Waals surface area contributed by atoms with E-state index in [1.807, 2.05) is 0 Å². The van der Waals surface area contributed by atoms with Gasteiger partial charge in [0.1, 0.15) is 0 Å².